The summed E-state index contributed by atoms with van der Waals surface area (Å²) in [4.78, 5) is 12.1. The van der Waals surface area contributed by atoms with Gasteiger partial charge in [0.1, 0.15) is 0 Å². The molecule has 0 aromatic rings. The Labute approximate surface area is 96.9 Å². The highest BCUT2D eigenvalue weighted by atomic mass is 16.1. The topological polar surface area (TPSA) is 17.1 Å². The van der Waals surface area contributed by atoms with Crippen molar-refractivity contribution in [3.05, 3.63) is 36.0 Å². The van der Waals surface area contributed by atoms with Gasteiger partial charge in [-0.3, -0.25) is 4.79 Å². The fourth-order valence-corrected chi connectivity index (χ4v) is 3.53. The van der Waals surface area contributed by atoms with E-state index in [4.69, 9.17) is 0 Å². The lowest BCUT2D eigenvalue weighted by atomic mass is 9.74. The first-order chi connectivity index (χ1) is 7.62. The molecule has 0 radical (unpaired) electrons. The first-order valence-corrected chi connectivity index (χ1v) is 6.25. The van der Waals surface area contributed by atoms with Crippen molar-refractivity contribution in [2.24, 2.45) is 23.2 Å². The van der Waals surface area contributed by atoms with Crippen molar-refractivity contribution in [1.29, 1.82) is 0 Å². The minimum absolute atomic E-state index is 0.142. The van der Waals surface area contributed by atoms with E-state index in [1.54, 1.807) is 0 Å². The zero-order valence-corrected chi connectivity index (χ0v) is 9.94. The zero-order chi connectivity index (χ0) is 11.3. The van der Waals surface area contributed by atoms with Crippen LogP contribution in [0.4, 0.5) is 0 Å². The monoisotopic (exact) mass is 214 g/mol. The van der Waals surface area contributed by atoms with Crippen LogP contribution in [0.1, 0.15) is 26.7 Å². The third-order valence-electron chi connectivity index (χ3n) is 4.36. The average Bonchev–Trinajstić information content (AvgIpc) is 2.80. The van der Waals surface area contributed by atoms with Crippen LogP contribution in [-0.2, 0) is 4.79 Å². The number of carbonyl (C=O) groups excluding carboxylic acids is 1. The van der Waals surface area contributed by atoms with Gasteiger partial charge in [0.25, 0.3) is 0 Å². The van der Waals surface area contributed by atoms with Crippen molar-refractivity contribution in [1.82, 2.24) is 0 Å². The van der Waals surface area contributed by atoms with Crippen LogP contribution in [0.3, 0.4) is 0 Å². The third kappa shape index (κ3) is 1.20. The summed E-state index contributed by atoms with van der Waals surface area (Å²) in [6.45, 7) is 4.00. The number of fused-ring (bicyclic) bond motifs is 1. The molecule has 1 fully saturated rings. The first kappa shape index (κ1) is 10.1. The summed E-state index contributed by atoms with van der Waals surface area (Å²) in [6.07, 6.45) is 13.5. The molecule has 84 valence electrons. The highest BCUT2D eigenvalue weighted by Gasteiger charge is 2.51. The second-order valence-electron chi connectivity index (χ2n) is 5.72. The van der Waals surface area contributed by atoms with Gasteiger partial charge < -0.3 is 0 Å². The number of rotatable bonds is 2. The van der Waals surface area contributed by atoms with Crippen molar-refractivity contribution < 1.29 is 4.79 Å². The van der Waals surface area contributed by atoms with Gasteiger partial charge in [-0.15, -0.1) is 0 Å². The maximum atomic E-state index is 12.1. The minimum atomic E-state index is 0.142. The Morgan fingerprint density at radius 2 is 2.25 bits per heavy atom. The van der Waals surface area contributed by atoms with E-state index >= 15 is 0 Å². The fourth-order valence-electron chi connectivity index (χ4n) is 3.53. The highest BCUT2D eigenvalue weighted by molar-refractivity contribution is 5.98. The summed E-state index contributed by atoms with van der Waals surface area (Å²) in [5.74, 6) is 1.67. The van der Waals surface area contributed by atoms with Crippen molar-refractivity contribution >= 4 is 5.78 Å². The van der Waals surface area contributed by atoms with Crippen molar-refractivity contribution in [2.45, 2.75) is 26.7 Å². The number of Topliss-reactive ketones (excluding diaryl/α,β-unsaturated/α-hetero) is 1. The molecule has 0 aromatic carbocycles. The molecule has 3 aliphatic rings. The van der Waals surface area contributed by atoms with E-state index in [2.05, 4.69) is 30.4 Å². The largest absolute Gasteiger partial charge is 0.294 e. The van der Waals surface area contributed by atoms with E-state index in [9.17, 15) is 4.79 Å². The van der Waals surface area contributed by atoms with E-state index in [1.807, 2.05) is 13.8 Å². The normalized spacial score (nSPS) is 39.1. The molecule has 3 aliphatic carbocycles. The van der Waals surface area contributed by atoms with E-state index in [0.29, 0.717) is 17.6 Å². The minimum Gasteiger partial charge on any atom is -0.294 e. The summed E-state index contributed by atoms with van der Waals surface area (Å²) >= 11 is 0. The molecule has 0 aliphatic heterocycles. The number of carbonyl (C=O) groups is 1. The van der Waals surface area contributed by atoms with Gasteiger partial charge in [-0.2, -0.15) is 0 Å². The lowest BCUT2D eigenvalue weighted by Gasteiger charge is -2.30. The molecule has 0 N–H and O–H groups in total. The van der Waals surface area contributed by atoms with Crippen LogP contribution in [0.25, 0.3) is 0 Å². The molecule has 0 heterocycles. The van der Waals surface area contributed by atoms with E-state index in [-0.39, 0.29) is 11.3 Å². The summed E-state index contributed by atoms with van der Waals surface area (Å²) in [5.41, 5.74) is 1.31. The molecule has 0 amide bonds. The smallest absolute Gasteiger partial charge is 0.161 e. The SMILES string of the molecule is CC(C)C(=O)C1=CC23C=CC=CC2CC1C3. The van der Waals surface area contributed by atoms with Crippen molar-refractivity contribution in [3.63, 3.8) is 0 Å². The molecule has 3 rings (SSSR count). The molecule has 16 heavy (non-hydrogen) atoms. The first-order valence-electron chi connectivity index (χ1n) is 6.25. The predicted molar refractivity (Wildman–Crippen MR) is 64.9 cm³/mol. The van der Waals surface area contributed by atoms with Gasteiger partial charge in [-0.1, -0.05) is 44.2 Å². The van der Waals surface area contributed by atoms with Crippen LogP contribution in [0.2, 0.25) is 0 Å². The lowest BCUT2D eigenvalue weighted by molar-refractivity contribution is -0.118. The molecule has 2 bridgehead atoms. The van der Waals surface area contributed by atoms with Gasteiger partial charge in [0.2, 0.25) is 0 Å². The van der Waals surface area contributed by atoms with Crippen LogP contribution < -0.4 is 0 Å². The van der Waals surface area contributed by atoms with Crippen LogP contribution >= 0.6 is 0 Å². The highest BCUT2D eigenvalue weighted by Crippen LogP contribution is 2.58. The second kappa shape index (κ2) is 3.19. The predicted octanol–water partition coefficient (Wildman–Crippen LogP) is 3.29. The van der Waals surface area contributed by atoms with Crippen LogP contribution in [-0.4, -0.2) is 5.78 Å². The number of allylic oxidation sites excluding steroid dienone is 6. The number of hydrogen-bond acceptors (Lipinski definition) is 1. The van der Waals surface area contributed by atoms with Gasteiger partial charge in [-0.25, -0.2) is 0 Å². The van der Waals surface area contributed by atoms with Crippen LogP contribution in [0.5, 0.6) is 0 Å². The molecule has 0 saturated heterocycles. The Morgan fingerprint density at radius 3 is 3.00 bits per heavy atom. The van der Waals surface area contributed by atoms with Crippen LogP contribution in [0.15, 0.2) is 36.0 Å². The molecule has 1 saturated carbocycles. The van der Waals surface area contributed by atoms with Gasteiger partial charge in [0.15, 0.2) is 5.78 Å². The Balaban J connectivity index is 1.97. The molecule has 1 spiro atoms. The maximum Gasteiger partial charge on any atom is 0.161 e. The molecule has 0 aromatic heterocycles. The quantitative estimate of drug-likeness (QED) is 0.689. The third-order valence-corrected chi connectivity index (χ3v) is 4.36. The number of hydrogen-bond donors (Lipinski definition) is 0. The molecule has 3 unspecified atom stereocenters. The fraction of sp³-hybridized carbons (Fsp3) is 0.533. The Bertz CT molecular complexity index is 425. The van der Waals surface area contributed by atoms with Gasteiger partial charge >= 0.3 is 0 Å². The van der Waals surface area contributed by atoms with E-state index in [1.165, 1.54) is 6.42 Å². The molecule has 1 nitrogen and oxygen atoms in total. The van der Waals surface area contributed by atoms with Crippen LogP contribution in [0, 0.1) is 23.2 Å². The molecule has 3 atom stereocenters. The van der Waals surface area contributed by atoms with Gasteiger partial charge in [0.05, 0.1) is 0 Å². The maximum absolute atomic E-state index is 12.1. The van der Waals surface area contributed by atoms with E-state index in [0.717, 1.165) is 12.0 Å². The summed E-state index contributed by atoms with van der Waals surface area (Å²) in [6, 6.07) is 0. The molecular formula is C15H18O. The summed E-state index contributed by atoms with van der Waals surface area (Å²) < 4.78 is 0. The Hall–Kier alpha value is -1.11. The number of ketones is 1. The molecule has 1 heteroatoms. The molecular weight excluding hydrogens is 196 g/mol. The van der Waals surface area contributed by atoms with Crippen molar-refractivity contribution in [3.8, 4) is 0 Å². The van der Waals surface area contributed by atoms with Crippen molar-refractivity contribution in [2.75, 3.05) is 0 Å². The van der Waals surface area contributed by atoms with Gasteiger partial charge in [0, 0.05) is 11.3 Å². The summed E-state index contributed by atoms with van der Waals surface area (Å²) in [7, 11) is 0. The summed E-state index contributed by atoms with van der Waals surface area (Å²) in [5, 5.41) is 0. The van der Waals surface area contributed by atoms with E-state index < -0.39 is 0 Å². The van der Waals surface area contributed by atoms with Gasteiger partial charge in [-0.05, 0) is 30.3 Å². The lowest BCUT2D eigenvalue weighted by Crippen LogP contribution is -2.23. The Morgan fingerprint density at radius 1 is 1.44 bits per heavy atom. The Kier molecular flexibility index (Phi) is 2.01. The second-order valence-corrected chi connectivity index (χ2v) is 5.72. The average molecular weight is 214 g/mol. The standard InChI is InChI=1S/C15H18O/c1-10(2)14(16)13-9-15-6-4-3-5-12(15)7-11(13)8-15/h3-6,9-12H,7-8H2,1-2H3. The zero-order valence-electron chi connectivity index (χ0n) is 9.94.